The van der Waals surface area contributed by atoms with Gasteiger partial charge in [0.2, 0.25) is 0 Å². The van der Waals surface area contributed by atoms with Crippen molar-refractivity contribution in [2.24, 2.45) is 5.84 Å². The van der Waals surface area contributed by atoms with E-state index in [2.05, 4.69) is 15.4 Å². The van der Waals surface area contributed by atoms with Crippen molar-refractivity contribution in [3.05, 3.63) is 45.8 Å². The van der Waals surface area contributed by atoms with Crippen LogP contribution in [0.2, 0.25) is 10.0 Å². The number of aryl methyl sites for hydroxylation is 1. The van der Waals surface area contributed by atoms with Gasteiger partial charge in [0.1, 0.15) is 18.2 Å². The summed E-state index contributed by atoms with van der Waals surface area (Å²) in [6.07, 6.45) is 0. The molecule has 0 aliphatic rings. The molecule has 0 bridgehead atoms. The van der Waals surface area contributed by atoms with Crippen molar-refractivity contribution in [1.29, 1.82) is 0 Å². The summed E-state index contributed by atoms with van der Waals surface area (Å²) in [7, 11) is 0. The topological polar surface area (TPSA) is 73.1 Å². The molecule has 5 nitrogen and oxygen atoms in total. The Labute approximate surface area is 120 Å². The maximum absolute atomic E-state index is 6.00. The van der Waals surface area contributed by atoms with Crippen LogP contribution in [-0.4, -0.2) is 9.97 Å². The van der Waals surface area contributed by atoms with Crippen LogP contribution in [0.4, 0.5) is 5.82 Å². The van der Waals surface area contributed by atoms with E-state index in [-0.39, 0.29) is 6.61 Å². The van der Waals surface area contributed by atoms with Gasteiger partial charge in [0, 0.05) is 22.8 Å². The van der Waals surface area contributed by atoms with Gasteiger partial charge in [-0.3, -0.25) is 0 Å². The lowest BCUT2D eigenvalue weighted by molar-refractivity contribution is 0.296. The molecule has 1 aromatic carbocycles. The molecule has 1 heterocycles. The number of halogens is 2. The maximum Gasteiger partial charge on any atom is 0.168 e. The third-order valence-corrected chi connectivity index (χ3v) is 2.85. The number of benzene rings is 1. The second kappa shape index (κ2) is 6.06. The minimum Gasteiger partial charge on any atom is -0.484 e. The summed E-state index contributed by atoms with van der Waals surface area (Å²) in [4.78, 5) is 8.41. The summed E-state index contributed by atoms with van der Waals surface area (Å²) >= 11 is 11.9. The average Bonchev–Trinajstić information content (AvgIpc) is 2.39. The normalized spacial score (nSPS) is 10.3. The first-order valence-electron chi connectivity index (χ1n) is 5.47. The van der Waals surface area contributed by atoms with E-state index in [1.165, 1.54) is 0 Å². The van der Waals surface area contributed by atoms with E-state index < -0.39 is 0 Å². The largest absolute Gasteiger partial charge is 0.484 e. The zero-order valence-electron chi connectivity index (χ0n) is 10.2. The number of nitrogens with two attached hydrogens (primary N) is 1. The fourth-order valence-electron chi connectivity index (χ4n) is 1.50. The summed E-state index contributed by atoms with van der Waals surface area (Å²) < 4.78 is 5.55. The summed E-state index contributed by atoms with van der Waals surface area (Å²) in [5.74, 6) is 6.84. The Bertz CT molecular complexity index is 592. The molecule has 0 atom stereocenters. The number of ether oxygens (including phenoxy) is 1. The molecule has 7 heteroatoms. The third kappa shape index (κ3) is 3.70. The molecule has 0 radical (unpaired) electrons. The van der Waals surface area contributed by atoms with E-state index in [0.717, 1.165) is 5.69 Å². The number of rotatable bonds is 4. The molecule has 0 saturated heterocycles. The molecular weight excluding hydrogens is 287 g/mol. The second-order valence-electron chi connectivity index (χ2n) is 3.82. The molecule has 100 valence electrons. The first-order chi connectivity index (χ1) is 9.08. The molecule has 0 aliphatic carbocycles. The predicted molar refractivity (Wildman–Crippen MR) is 75.4 cm³/mol. The van der Waals surface area contributed by atoms with Crippen LogP contribution in [-0.2, 0) is 6.61 Å². The second-order valence-corrected chi connectivity index (χ2v) is 4.66. The fourth-order valence-corrected chi connectivity index (χ4v) is 1.83. The van der Waals surface area contributed by atoms with Gasteiger partial charge in [-0.25, -0.2) is 15.8 Å². The van der Waals surface area contributed by atoms with E-state index in [4.69, 9.17) is 33.8 Å². The highest BCUT2D eigenvalue weighted by Crippen LogP contribution is 2.28. The van der Waals surface area contributed by atoms with E-state index in [1.807, 2.05) is 6.92 Å². The van der Waals surface area contributed by atoms with E-state index in [9.17, 15) is 0 Å². The van der Waals surface area contributed by atoms with Gasteiger partial charge in [0.25, 0.3) is 0 Å². The highest BCUT2D eigenvalue weighted by atomic mass is 35.5. The molecule has 0 fully saturated rings. The first-order valence-corrected chi connectivity index (χ1v) is 6.23. The van der Waals surface area contributed by atoms with E-state index >= 15 is 0 Å². The predicted octanol–water partition coefficient (Wildman–Crippen LogP) is 2.96. The molecule has 0 saturated carbocycles. The lowest BCUT2D eigenvalue weighted by atomic mass is 10.3. The van der Waals surface area contributed by atoms with Crippen LogP contribution >= 0.6 is 23.2 Å². The highest BCUT2D eigenvalue weighted by molar-refractivity contribution is 6.34. The molecule has 19 heavy (non-hydrogen) atoms. The lowest BCUT2D eigenvalue weighted by Gasteiger charge is -2.09. The fraction of sp³-hybridized carbons (Fsp3) is 0.167. The molecule has 0 unspecified atom stereocenters. The number of hydrogen-bond acceptors (Lipinski definition) is 5. The molecule has 3 N–H and O–H groups in total. The number of nitrogens with zero attached hydrogens (tertiary/aromatic N) is 2. The summed E-state index contributed by atoms with van der Waals surface area (Å²) in [6.45, 7) is 2.02. The Morgan fingerprint density at radius 1 is 1.26 bits per heavy atom. The van der Waals surface area contributed by atoms with E-state index in [0.29, 0.717) is 27.4 Å². The van der Waals surface area contributed by atoms with Crippen molar-refractivity contribution in [3.8, 4) is 5.75 Å². The van der Waals surface area contributed by atoms with Crippen LogP contribution in [0, 0.1) is 6.92 Å². The molecule has 0 spiro atoms. The van der Waals surface area contributed by atoms with Gasteiger partial charge in [0.15, 0.2) is 5.82 Å². The lowest BCUT2D eigenvalue weighted by Crippen LogP contribution is -2.12. The van der Waals surface area contributed by atoms with Gasteiger partial charge < -0.3 is 10.2 Å². The first kappa shape index (κ1) is 13.9. The Morgan fingerprint density at radius 2 is 2.05 bits per heavy atom. The minimum atomic E-state index is 0.177. The quantitative estimate of drug-likeness (QED) is 0.670. The number of hydrazine groups is 1. The van der Waals surface area contributed by atoms with Crippen LogP contribution in [0.3, 0.4) is 0 Å². The van der Waals surface area contributed by atoms with Gasteiger partial charge in [-0.05, 0) is 19.1 Å². The smallest absolute Gasteiger partial charge is 0.168 e. The van der Waals surface area contributed by atoms with Gasteiger partial charge in [-0.1, -0.05) is 23.2 Å². The van der Waals surface area contributed by atoms with Crippen LogP contribution in [0.5, 0.6) is 5.75 Å². The molecule has 2 aromatic rings. The number of hydrogen-bond donors (Lipinski definition) is 2. The van der Waals surface area contributed by atoms with Crippen molar-refractivity contribution in [1.82, 2.24) is 9.97 Å². The van der Waals surface area contributed by atoms with Crippen molar-refractivity contribution >= 4 is 29.0 Å². The van der Waals surface area contributed by atoms with Gasteiger partial charge in [0.05, 0.1) is 5.02 Å². The van der Waals surface area contributed by atoms with Crippen LogP contribution in [0.1, 0.15) is 11.5 Å². The third-order valence-electron chi connectivity index (χ3n) is 2.30. The average molecular weight is 299 g/mol. The Balaban J connectivity index is 2.14. The SMILES string of the molecule is Cc1cc(NN)nc(COc2cc(Cl)ccc2Cl)n1. The molecule has 0 amide bonds. The molecular formula is C12H12Cl2N4O. The summed E-state index contributed by atoms with van der Waals surface area (Å²) in [5, 5.41) is 1.03. The number of aromatic nitrogens is 2. The van der Waals surface area contributed by atoms with Crippen LogP contribution < -0.4 is 16.0 Å². The molecule has 2 rings (SSSR count). The number of anilines is 1. The van der Waals surface area contributed by atoms with Crippen molar-refractivity contribution in [2.45, 2.75) is 13.5 Å². The van der Waals surface area contributed by atoms with Crippen LogP contribution in [0.25, 0.3) is 0 Å². The Hall–Kier alpha value is -1.56. The molecule has 0 aliphatic heterocycles. The minimum absolute atomic E-state index is 0.177. The standard InChI is InChI=1S/C12H12Cl2N4O/c1-7-4-11(18-15)17-12(16-7)6-19-10-5-8(13)2-3-9(10)14/h2-5H,6,15H2,1H3,(H,16,17,18). The molecule has 1 aromatic heterocycles. The number of nitrogens with one attached hydrogen (secondary N) is 1. The van der Waals surface area contributed by atoms with E-state index in [1.54, 1.807) is 24.3 Å². The van der Waals surface area contributed by atoms with Gasteiger partial charge in [-0.15, -0.1) is 0 Å². The Kier molecular flexibility index (Phi) is 4.42. The van der Waals surface area contributed by atoms with Crippen LogP contribution in [0.15, 0.2) is 24.3 Å². The van der Waals surface area contributed by atoms with Crippen molar-refractivity contribution < 1.29 is 4.74 Å². The zero-order chi connectivity index (χ0) is 13.8. The Morgan fingerprint density at radius 3 is 2.79 bits per heavy atom. The zero-order valence-corrected chi connectivity index (χ0v) is 11.7. The highest BCUT2D eigenvalue weighted by Gasteiger charge is 2.06. The summed E-state index contributed by atoms with van der Waals surface area (Å²) in [5.41, 5.74) is 3.26. The monoisotopic (exact) mass is 298 g/mol. The van der Waals surface area contributed by atoms with Gasteiger partial charge >= 0.3 is 0 Å². The van der Waals surface area contributed by atoms with Gasteiger partial charge in [-0.2, -0.15) is 0 Å². The van der Waals surface area contributed by atoms with Crippen molar-refractivity contribution in [2.75, 3.05) is 5.43 Å². The maximum atomic E-state index is 6.00. The van der Waals surface area contributed by atoms with Crippen molar-refractivity contribution in [3.63, 3.8) is 0 Å². The number of nitrogen functional groups attached to an aromatic ring is 1. The summed E-state index contributed by atoms with van der Waals surface area (Å²) in [6, 6.07) is 6.73.